The first-order valence-electron chi connectivity index (χ1n) is 4.55. The number of hydrogen-bond donors (Lipinski definition) is 3. The van der Waals surface area contributed by atoms with Crippen molar-refractivity contribution in [2.24, 2.45) is 0 Å². The average Bonchev–Trinajstić information content (AvgIpc) is 2.09. The lowest BCUT2D eigenvalue weighted by molar-refractivity contribution is 0.257. The molecular weight excluding hydrogens is 226 g/mol. The molecule has 1 atom stereocenters. The van der Waals surface area contributed by atoms with Gasteiger partial charge in [0.25, 0.3) is 0 Å². The first-order valence-corrected chi connectivity index (χ1v) is 6.69. The van der Waals surface area contributed by atoms with Gasteiger partial charge >= 0.3 is 6.03 Å². The molecular formula is C10H15N3O2S. The Hall–Kier alpha value is -1.69. The zero-order valence-corrected chi connectivity index (χ0v) is 10.1. The minimum absolute atomic E-state index is 0.559. The Bertz CT molecular complexity index is 509. The predicted molar refractivity (Wildman–Crippen MR) is 68.9 cm³/mol. The molecule has 0 saturated heterocycles. The summed E-state index contributed by atoms with van der Waals surface area (Å²) < 4.78 is 13.5. The molecule has 0 aliphatic carbocycles. The molecule has 0 radical (unpaired) electrons. The van der Waals surface area contributed by atoms with E-state index in [1.807, 2.05) is 0 Å². The van der Waals surface area contributed by atoms with Crippen LogP contribution in [0.15, 0.2) is 18.2 Å². The second kappa shape index (κ2) is 4.44. The third-order valence-corrected chi connectivity index (χ3v) is 2.55. The van der Waals surface area contributed by atoms with Crippen molar-refractivity contribution in [3.05, 3.63) is 23.8 Å². The van der Waals surface area contributed by atoms with E-state index in [9.17, 15) is 9.00 Å². The van der Waals surface area contributed by atoms with Gasteiger partial charge in [-0.15, -0.1) is 0 Å². The van der Waals surface area contributed by atoms with Crippen LogP contribution in [0.4, 0.5) is 16.2 Å². The molecule has 6 heteroatoms. The van der Waals surface area contributed by atoms with Crippen LogP contribution in [0.5, 0.6) is 0 Å². The van der Waals surface area contributed by atoms with Gasteiger partial charge < -0.3 is 11.1 Å². The van der Waals surface area contributed by atoms with E-state index in [1.54, 1.807) is 25.1 Å². The molecule has 4 N–H and O–H groups in total. The standard InChI is InChI=1S/C10H15N3O2S/c1-7-8(11)5-4-6-9(7)12-10(14)13-16(2,3)15/h4-6H,2,11H2,1,3H3,(H2,12,13,14,15). The summed E-state index contributed by atoms with van der Waals surface area (Å²) in [5.41, 5.74) is 7.62. The number of carbonyl (C=O) groups excluding carboxylic acids is 1. The van der Waals surface area contributed by atoms with E-state index < -0.39 is 15.7 Å². The molecule has 0 heterocycles. The highest BCUT2D eigenvalue weighted by Gasteiger charge is 2.07. The summed E-state index contributed by atoms with van der Waals surface area (Å²) in [5.74, 6) is 3.32. The monoisotopic (exact) mass is 241 g/mol. The van der Waals surface area contributed by atoms with E-state index in [2.05, 4.69) is 15.9 Å². The minimum Gasteiger partial charge on any atom is -0.398 e. The van der Waals surface area contributed by atoms with Gasteiger partial charge in [0.15, 0.2) is 0 Å². The SMILES string of the molecule is C=S(C)(=O)NC(=O)Nc1cccc(N)c1C. The maximum absolute atomic E-state index is 11.4. The largest absolute Gasteiger partial charge is 0.398 e. The van der Waals surface area contributed by atoms with Crippen LogP contribution in [0, 0.1) is 6.92 Å². The Balaban J connectivity index is 2.82. The number of nitrogens with two attached hydrogens (primary N) is 1. The predicted octanol–water partition coefficient (Wildman–Crippen LogP) is 0.960. The second-order valence-corrected chi connectivity index (χ2v) is 5.80. The molecule has 2 amide bonds. The quantitative estimate of drug-likeness (QED) is 0.532. The Morgan fingerprint density at radius 3 is 2.69 bits per heavy atom. The number of nitrogens with one attached hydrogen (secondary N) is 2. The first-order chi connectivity index (χ1) is 7.29. The summed E-state index contributed by atoms with van der Waals surface area (Å²) in [6, 6.07) is 4.62. The smallest absolute Gasteiger partial charge is 0.330 e. The molecule has 1 aromatic rings. The van der Waals surface area contributed by atoms with Crippen molar-refractivity contribution in [1.29, 1.82) is 0 Å². The molecule has 88 valence electrons. The molecule has 0 spiro atoms. The lowest BCUT2D eigenvalue weighted by Crippen LogP contribution is -2.33. The van der Waals surface area contributed by atoms with E-state index in [1.165, 1.54) is 6.26 Å². The zero-order valence-electron chi connectivity index (χ0n) is 9.24. The Morgan fingerprint density at radius 1 is 1.50 bits per heavy atom. The second-order valence-electron chi connectivity index (χ2n) is 3.58. The number of rotatable bonds is 2. The highest BCUT2D eigenvalue weighted by Crippen LogP contribution is 2.20. The van der Waals surface area contributed by atoms with E-state index >= 15 is 0 Å². The van der Waals surface area contributed by atoms with Gasteiger partial charge in [-0.1, -0.05) is 6.07 Å². The van der Waals surface area contributed by atoms with Crippen LogP contribution in [0.25, 0.3) is 0 Å². The lowest BCUT2D eigenvalue weighted by atomic mass is 10.1. The highest BCUT2D eigenvalue weighted by molar-refractivity contribution is 7.98. The van der Waals surface area contributed by atoms with Gasteiger partial charge in [-0.3, -0.25) is 4.72 Å². The van der Waals surface area contributed by atoms with Crippen LogP contribution in [0.3, 0.4) is 0 Å². The Kier molecular flexibility index (Phi) is 3.44. The molecule has 16 heavy (non-hydrogen) atoms. The lowest BCUT2D eigenvalue weighted by Gasteiger charge is -2.11. The number of hydrogen-bond acceptors (Lipinski definition) is 3. The van der Waals surface area contributed by atoms with E-state index in [4.69, 9.17) is 5.73 Å². The minimum atomic E-state index is -2.56. The van der Waals surface area contributed by atoms with Crippen molar-refractivity contribution in [2.75, 3.05) is 17.3 Å². The van der Waals surface area contributed by atoms with E-state index in [-0.39, 0.29) is 0 Å². The third-order valence-electron chi connectivity index (χ3n) is 1.93. The van der Waals surface area contributed by atoms with E-state index in [0.29, 0.717) is 11.4 Å². The highest BCUT2D eigenvalue weighted by atomic mass is 32.2. The Labute approximate surface area is 95.2 Å². The summed E-state index contributed by atoms with van der Waals surface area (Å²) >= 11 is 0. The molecule has 0 aliphatic rings. The third kappa shape index (κ3) is 3.47. The molecule has 0 saturated carbocycles. The summed E-state index contributed by atoms with van der Waals surface area (Å²) in [6.45, 7) is 1.79. The zero-order chi connectivity index (χ0) is 12.3. The number of anilines is 2. The summed E-state index contributed by atoms with van der Waals surface area (Å²) in [4.78, 5) is 11.4. The van der Waals surface area contributed by atoms with Crippen LogP contribution in [0.2, 0.25) is 0 Å². The van der Waals surface area contributed by atoms with Gasteiger partial charge in [-0.25, -0.2) is 9.00 Å². The summed E-state index contributed by atoms with van der Waals surface area (Å²) in [5, 5.41) is 2.56. The number of carbonyl (C=O) groups is 1. The molecule has 0 fully saturated rings. The molecule has 1 rings (SSSR count). The van der Waals surface area contributed by atoms with Gasteiger partial charge in [-0.2, -0.15) is 0 Å². The first kappa shape index (κ1) is 12.4. The van der Waals surface area contributed by atoms with Gasteiger partial charge in [0, 0.05) is 27.3 Å². The number of urea groups is 1. The van der Waals surface area contributed by atoms with Crippen LogP contribution < -0.4 is 15.8 Å². The van der Waals surface area contributed by atoms with Crippen molar-refractivity contribution in [2.45, 2.75) is 6.92 Å². The normalized spacial score (nSPS) is 13.9. The molecule has 0 aromatic heterocycles. The van der Waals surface area contributed by atoms with Crippen LogP contribution >= 0.6 is 0 Å². The number of benzene rings is 1. The molecule has 1 unspecified atom stereocenters. The Morgan fingerprint density at radius 2 is 2.12 bits per heavy atom. The fourth-order valence-corrected chi connectivity index (χ4v) is 1.58. The summed E-state index contributed by atoms with van der Waals surface area (Å²) in [7, 11) is -2.56. The van der Waals surface area contributed by atoms with Crippen molar-refractivity contribution in [3.63, 3.8) is 0 Å². The maximum atomic E-state index is 11.4. The number of amides is 2. The fraction of sp³-hybridized carbons (Fsp3) is 0.200. The number of nitrogen functional groups attached to an aromatic ring is 1. The van der Waals surface area contributed by atoms with Crippen LogP contribution in [0.1, 0.15) is 5.56 Å². The van der Waals surface area contributed by atoms with Gasteiger partial charge in [-0.05, 0) is 30.5 Å². The topological polar surface area (TPSA) is 84.2 Å². The summed E-state index contributed by atoms with van der Waals surface area (Å²) in [6.07, 6.45) is 1.35. The molecule has 0 bridgehead atoms. The van der Waals surface area contributed by atoms with Crippen molar-refractivity contribution < 1.29 is 9.00 Å². The van der Waals surface area contributed by atoms with Crippen molar-refractivity contribution in [1.82, 2.24) is 4.72 Å². The fourth-order valence-electron chi connectivity index (χ4n) is 1.13. The maximum Gasteiger partial charge on any atom is 0.330 e. The molecule has 0 aliphatic heterocycles. The molecule has 5 nitrogen and oxygen atoms in total. The van der Waals surface area contributed by atoms with Gasteiger partial charge in [0.2, 0.25) is 0 Å². The van der Waals surface area contributed by atoms with Gasteiger partial charge in [0.1, 0.15) is 0 Å². The average molecular weight is 241 g/mol. The van der Waals surface area contributed by atoms with Crippen LogP contribution in [-0.2, 0) is 9.71 Å². The molecule has 1 aromatic carbocycles. The van der Waals surface area contributed by atoms with Gasteiger partial charge in [0.05, 0.1) is 0 Å². The van der Waals surface area contributed by atoms with Crippen LogP contribution in [-0.4, -0.2) is 22.4 Å². The van der Waals surface area contributed by atoms with Crippen molar-refractivity contribution >= 4 is 33.0 Å². The van der Waals surface area contributed by atoms with Crippen molar-refractivity contribution in [3.8, 4) is 0 Å². The van der Waals surface area contributed by atoms with E-state index in [0.717, 1.165) is 5.56 Å².